The van der Waals surface area contributed by atoms with Crippen LogP contribution in [0.3, 0.4) is 0 Å². The van der Waals surface area contributed by atoms with Crippen LogP contribution in [-0.2, 0) is 11.0 Å². The number of likely N-dealkylation sites (tertiary alicyclic amines) is 1. The van der Waals surface area contributed by atoms with Gasteiger partial charge in [-0.25, -0.2) is 0 Å². The molecule has 0 bridgehead atoms. The van der Waals surface area contributed by atoms with Crippen molar-refractivity contribution in [1.82, 2.24) is 4.90 Å². The van der Waals surface area contributed by atoms with E-state index in [-0.39, 0.29) is 5.91 Å². The second-order valence-corrected chi connectivity index (χ2v) is 5.50. The molecule has 1 saturated heterocycles. The molecule has 116 valence electrons. The fraction of sp³-hybridized carbons (Fsp3) is 0.533. The standard InChI is InChI=1S/C15H19F3N2O/c1-2-10-7-14(21)20(8-10)9-13(19)11-3-5-12(6-4-11)15(16,17)18/h3-6,10,13H,2,7-9,19H2,1H3. The fourth-order valence-corrected chi connectivity index (χ4v) is 2.57. The topological polar surface area (TPSA) is 46.3 Å². The number of hydrogen-bond donors (Lipinski definition) is 1. The molecule has 1 heterocycles. The summed E-state index contributed by atoms with van der Waals surface area (Å²) >= 11 is 0. The number of amides is 1. The van der Waals surface area contributed by atoms with Gasteiger partial charge in [-0.15, -0.1) is 0 Å². The normalized spacial score (nSPS) is 20.9. The summed E-state index contributed by atoms with van der Waals surface area (Å²) in [5, 5.41) is 0. The number of rotatable bonds is 4. The van der Waals surface area contributed by atoms with Crippen LogP contribution in [0.15, 0.2) is 24.3 Å². The van der Waals surface area contributed by atoms with Crippen molar-refractivity contribution >= 4 is 5.91 Å². The number of carbonyl (C=O) groups is 1. The van der Waals surface area contributed by atoms with Crippen LogP contribution in [-0.4, -0.2) is 23.9 Å². The highest BCUT2D eigenvalue weighted by Crippen LogP contribution is 2.30. The molecular formula is C15H19F3N2O. The Morgan fingerprint density at radius 3 is 2.43 bits per heavy atom. The fourth-order valence-electron chi connectivity index (χ4n) is 2.57. The highest BCUT2D eigenvalue weighted by Gasteiger charge is 2.31. The maximum absolute atomic E-state index is 12.5. The van der Waals surface area contributed by atoms with E-state index in [2.05, 4.69) is 0 Å². The summed E-state index contributed by atoms with van der Waals surface area (Å²) < 4.78 is 37.5. The molecule has 6 heteroatoms. The van der Waals surface area contributed by atoms with Crippen molar-refractivity contribution in [3.8, 4) is 0 Å². The average molecular weight is 300 g/mol. The van der Waals surface area contributed by atoms with Crippen molar-refractivity contribution in [2.24, 2.45) is 11.7 Å². The minimum Gasteiger partial charge on any atom is -0.340 e. The van der Waals surface area contributed by atoms with Gasteiger partial charge in [-0.3, -0.25) is 4.79 Å². The molecule has 0 spiro atoms. The predicted octanol–water partition coefficient (Wildman–Crippen LogP) is 2.96. The minimum absolute atomic E-state index is 0.0733. The zero-order valence-corrected chi connectivity index (χ0v) is 11.9. The number of benzene rings is 1. The number of halogens is 3. The van der Waals surface area contributed by atoms with Crippen molar-refractivity contribution in [3.63, 3.8) is 0 Å². The van der Waals surface area contributed by atoms with Crippen LogP contribution >= 0.6 is 0 Å². The summed E-state index contributed by atoms with van der Waals surface area (Å²) in [4.78, 5) is 13.5. The van der Waals surface area contributed by atoms with Crippen molar-refractivity contribution in [2.75, 3.05) is 13.1 Å². The van der Waals surface area contributed by atoms with E-state index in [1.54, 1.807) is 4.90 Å². The Labute approximate surface area is 121 Å². The van der Waals surface area contributed by atoms with Crippen molar-refractivity contribution in [1.29, 1.82) is 0 Å². The van der Waals surface area contributed by atoms with Gasteiger partial charge in [0, 0.05) is 25.6 Å². The average Bonchev–Trinajstić information content (AvgIpc) is 2.78. The van der Waals surface area contributed by atoms with Crippen LogP contribution in [0.1, 0.15) is 36.9 Å². The Morgan fingerprint density at radius 2 is 1.95 bits per heavy atom. The quantitative estimate of drug-likeness (QED) is 0.929. The van der Waals surface area contributed by atoms with Gasteiger partial charge < -0.3 is 10.6 Å². The van der Waals surface area contributed by atoms with E-state index in [9.17, 15) is 18.0 Å². The third-order valence-electron chi connectivity index (χ3n) is 3.96. The van der Waals surface area contributed by atoms with Gasteiger partial charge in [0.2, 0.25) is 5.91 Å². The van der Waals surface area contributed by atoms with Crippen LogP contribution in [0, 0.1) is 5.92 Å². The van der Waals surface area contributed by atoms with Crippen molar-refractivity contribution < 1.29 is 18.0 Å². The zero-order valence-electron chi connectivity index (χ0n) is 11.9. The Hall–Kier alpha value is -1.56. The van der Waals surface area contributed by atoms with E-state index in [4.69, 9.17) is 5.73 Å². The molecule has 2 rings (SSSR count). The SMILES string of the molecule is CCC1CC(=O)N(CC(N)c2ccc(C(F)(F)F)cc2)C1. The molecule has 0 saturated carbocycles. The van der Waals surface area contributed by atoms with E-state index >= 15 is 0 Å². The summed E-state index contributed by atoms with van der Waals surface area (Å²) in [6.45, 7) is 3.07. The smallest absolute Gasteiger partial charge is 0.340 e. The van der Waals surface area contributed by atoms with Crippen LogP contribution in [0.4, 0.5) is 13.2 Å². The van der Waals surface area contributed by atoms with E-state index < -0.39 is 17.8 Å². The third kappa shape index (κ3) is 3.75. The largest absolute Gasteiger partial charge is 0.416 e. The molecule has 1 aliphatic rings. The highest BCUT2D eigenvalue weighted by molar-refractivity contribution is 5.78. The maximum atomic E-state index is 12.5. The van der Waals surface area contributed by atoms with Gasteiger partial charge in [0.05, 0.1) is 5.56 Å². The lowest BCUT2D eigenvalue weighted by Crippen LogP contribution is -2.33. The van der Waals surface area contributed by atoms with Crippen molar-refractivity contribution in [2.45, 2.75) is 32.0 Å². The highest BCUT2D eigenvalue weighted by atomic mass is 19.4. The van der Waals surface area contributed by atoms with E-state index in [1.807, 2.05) is 6.92 Å². The molecule has 3 nitrogen and oxygen atoms in total. The number of nitrogens with two attached hydrogens (primary N) is 1. The Bertz CT molecular complexity index is 499. The lowest BCUT2D eigenvalue weighted by Gasteiger charge is -2.22. The first-order chi connectivity index (χ1) is 9.81. The Morgan fingerprint density at radius 1 is 1.33 bits per heavy atom. The van der Waals surface area contributed by atoms with E-state index in [1.165, 1.54) is 12.1 Å². The molecular weight excluding hydrogens is 281 g/mol. The first-order valence-electron chi connectivity index (χ1n) is 7.01. The monoisotopic (exact) mass is 300 g/mol. The molecule has 0 radical (unpaired) electrons. The van der Waals surface area contributed by atoms with Gasteiger partial charge in [0.25, 0.3) is 0 Å². The molecule has 2 N–H and O–H groups in total. The van der Waals surface area contributed by atoms with Gasteiger partial charge in [0.1, 0.15) is 0 Å². The summed E-state index contributed by atoms with van der Waals surface area (Å²) in [6.07, 6.45) is -2.87. The van der Waals surface area contributed by atoms with Crippen LogP contribution in [0.2, 0.25) is 0 Å². The van der Waals surface area contributed by atoms with Crippen LogP contribution < -0.4 is 5.73 Å². The number of carbonyl (C=O) groups excluding carboxylic acids is 1. The molecule has 2 atom stereocenters. The Balaban J connectivity index is 2.01. The van der Waals surface area contributed by atoms with E-state index in [0.29, 0.717) is 31.0 Å². The van der Waals surface area contributed by atoms with Crippen LogP contribution in [0.25, 0.3) is 0 Å². The zero-order chi connectivity index (χ0) is 15.6. The molecule has 21 heavy (non-hydrogen) atoms. The Kier molecular flexibility index (Phi) is 4.56. The molecule has 1 aliphatic heterocycles. The van der Waals surface area contributed by atoms with Crippen LogP contribution in [0.5, 0.6) is 0 Å². The number of alkyl halides is 3. The minimum atomic E-state index is -4.35. The van der Waals surface area contributed by atoms with Crippen molar-refractivity contribution in [3.05, 3.63) is 35.4 Å². The molecule has 1 aromatic carbocycles. The van der Waals surface area contributed by atoms with Gasteiger partial charge >= 0.3 is 6.18 Å². The summed E-state index contributed by atoms with van der Waals surface area (Å²) in [5.74, 6) is 0.432. The van der Waals surface area contributed by atoms with Gasteiger partial charge in [-0.2, -0.15) is 13.2 Å². The van der Waals surface area contributed by atoms with E-state index in [0.717, 1.165) is 18.6 Å². The number of hydrogen-bond acceptors (Lipinski definition) is 2. The lowest BCUT2D eigenvalue weighted by molar-refractivity contribution is -0.137. The predicted molar refractivity (Wildman–Crippen MR) is 73.4 cm³/mol. The second-order valence-electron chi connectivity index (χ2n) is 5.50. The molecule has 1 aromatic rings. The summed E-state index contributed by atoms with van der Waals surface area (Å²) in [6, 6.07) is 4.34. The van der Waals surface area contributed by atoms with Gasteiger partial charge in [0.15, 0.2) is 0 Å². The molecule has 1 amide bonds. The lowest BCUT2D eigenvalue weighted by atomic mass is 10.0. The maximum Gasteiger partial charge on any atom is 0.416 e. The molecule has 2 unspecified atom stereocenters. The summed E-state index contributed by atoms with van der Waals surface area (Å²) in [7, 11) is 0. The first kappa shape index (κ1) is 15.8. The molecule has 0 aliphatic carbocycles. The second kappa shape index (κ2) is 6.05. The van der Waals surface area contributed by atoms with Gasteiger partial charge in [-0.1, -0.05) is 25.5 Å². The third-order valence-corrected chi connectivity index (χ3v) is 3.96. The number of nitrogens with zero attached hydrogens (tertiary/aromatic N) is 1. The summed E-state index contributed by atoms with van der Waals surface area (Å²) in [5.41, 5.74) is 5.92. The molecule has 1 fully saturated rings. The van der Waals surface area contributed by atoms with Gasteiger partial charge in [-0.05, 0) is 23.6 Å². The first-order valence-corrected chi connectivity index (χ1v) is 7.01. The molecule has 0 aromatic heterocycles.